The Kier molecular flexibility index (Phi) is 3.62. The van der Waals surface area contributed by atoms with Crippen molar-refractivity contribution in [3.05, 3.63) is 139 Å². The van der Waals surface area contributed by atoms with Gasteiger partial charge in [-0.05, 0) is 56.6 Å². The van der Waals surface area contributed by atoms with E-state index in [0.717, 1.165) is 60.0 Å². The van der Waals surface area contributed by atoms with Crippen molar-refractivity contribution in [1.82, 2.24) is 14.5 Å². The van der Waals surface area contributed by atoms with Gasteiger partial charge in [-0.3, -0.25) is 4.57 Å². The van der Waals surface area contributed by atoms with E-state index in [1.54, 1.807) is 0 Å². The topological polar surface area (TPSA) is 30.7 Å². The molecule has 1 aliphatic carbocycles. The Hall–Kier alpha value is -5.80. The van der Waals surface area contributed by atoms with Gasteiger partial charge in [-0.15, -0.1) is 0 Å². The molecule has 2 heterocycles. The summed E-state index contributed by atoms with van der Waals surface area (Å²) in [7, 11) is 0. The van der Waals surface area contributed by atoms with Crippen molar-refractivity contribution in [1.29, 1.82) is 0 Å². The van der Waals surface area contributed by atoms with Crippen molar-refractivity contribution in [3.63, 3.8) is 0 Å². The zero-order chi connectivity index (χ0) is 32.4. The zero-order valence-corrected chi connectivity index (χ0v) is 22.7. The summed E-state index contributed by atoms with van der Waals surface area (Å²) in [5.41, 5.74) is 7.82. The van der Waals surface area contributed by atoms with Crippen molar-refractivity contribution in [2.75, 3.05) is 0 Å². The molecule has 10 rings (SSSR count). The molecular weight excluding hydrogens is 522 g/mol. The van der Waals surface area contributed by atoms with Gasteiger partial charge in [0.25, 0.3) is 0 Å². The standard InChI is InChI=1S/C40H23N3/c1-2-11-26(12-3-1)38-40(41-32-22-20-24-10-4-5-14-27(24)39(32)42-38)43-33-19-9-18-31-29-16-7-6-15-28(29)30-17-8-13-25-21-23-34(43)37(35(25)30)36(31)33/h1-23H/i1D,2D,3D,11D,12D. The van der Waals surface area contributed by atoms with Gasteiger partial charge in [0.1, 0.15) is 5.69 Å². The van der Waals surface area contributed by atoms with E-state index in [2.05, 4.69) is 71.3 Å². The van der Waals surface area contributed by atoms with Gasteiger partial charge in [0.15, 0.2) is 5.82 Å². The third-order valence-electron chi connectivity index (χ3n) is 8.79. The Balaban J connectivity index is 1.44. The number of hydrogen-bond donors (Lipinski definition) is 0. The van der Waals surface area contributed by atoms with Crippen molar-refractivity contribution in [2.24, 2.45) is 0 Å². The normalized spacial score (nSPS) is 13.8. The van der Waals surface area contributed by atoms with Crippen molar-refractivity contribution in [2.45, 2.75) is 0 Å². The molecule has 0 spiro atoms. The van der Waals surface area contributed by atoms with E-state index in [1.807, 2.05) is 42.5 Å². The molecule has 0 radical (unpaired) electrons. The molecule has 0 fully saturated rings. The molecule has 3 heteroatoms. The van der Waals surface area contributed by atoms with Crippen LogP contribution in [0, 0.1) is 0 Å². The van der Waals surface area contributed by atoms with Gasteiger partial charge >= 0.3 is 0 Å². The molecule has 0 atom stereocenters. The van der Waals surface area contributed by atoms with E-state index >= 15 is 0 Å². The van der Waals surface area contributed by atoms with E-state index in [9.17, 15) is 0 Å². The highest BCUT2D eigenvalue weighted by molar-refractivity contribution is 6.30. The van der Waals surface area contributed by atoms with E-state index in [-0.39, 0.29) is 23.3 Å². The van der Waals surface area contributed by atoms with Crippen LogP contribution in [-0.4, -0.2) is 14.5 Å². The highest BCUT2D eigenvalue weighted by atomic mass is 15.1. The third kappa shape index (κ3) is 3.03. The minimum atomic E-state index is -0.448. The summed E-state index contributed by atoms with van der Waals surface area (Å²) in [6.45, 7) is 0. The summed E-state index contributed by atoms with van der Waals surface area (Å²) in [6.07, 6.45) is 0. The van der Waals surface area contributed by atoms with E-state index in [0.29, 0.717) is 16.9 Å². The monoisotopic (exact) mass is 550 g/mol. The lowest BCUT2D eigenvalue weighted by atomic mass is 9.93. The number of rotatable bonds is 2. The number of nitrogens with zero attached hydrogens (tertiary/aromatic N) is 3. The van der Waals surface area contributed by atoms with Crippen LogP contribution in [0.2, 0.25) is 0 Å². The van der Waals surface area contributed by atoms with Crippen LogP contribution in [0.5, 0.6) is 0 Å². The number of benzene rings is 7. The summed E-state index contributed by atoms with van der Waals surface area (Å²) in [5.74, 6) is 0.402. The van der Waals surface area contributed by atoms with Crippen molar-refractivity contribution < 1.29 is 6.85 Å². The molecule has 198 valence electrons. The SMILES string of the molecule is [2H]c1c([2H])c([2H])c(-c2nc3c(ccc4ccccc43)nc2-n2c3cccc4c3c3c5c(cccc5ccc32)-c2ccccc2-4)c([2H])c1[2H]. The Morgan fingerprint density at radius 2 is 1.19 bits per heavy atom. The molecule has 0 amide bonds. The molecule has 2 aromatic heterocycles. The summed E-state index contributed by atoms with van der Waals surface area (Å²) < 4.78 is 45.5. The fraction of sp³-hybridized carbons (Fsp3) is 0. The maximum absolute atomic E-state index is 9.00. The quantitative estimate of drug-likeness (QED) is 0.200. The van der Waals surface area contributed by atoms with Crippen LogP contribution in [0.4, 0.5) is 0 Å². The van der Waals surface area contributed by atoms with Crippen LogP contribution in [0.3, 0.4) is 0 Å². The van der Waals surface area contributed by atoms with Gasteiger partial charge < -0.3 is 0 Å². The number of fused-ring (bicyclic) bond motifs is 6. The van der Waals surface area contributed by atoms with Crippen LogP contribution in [0.25, 0.3) is 93.7 Å². The molecule has 0 unspecified atom stereocenters. The molecule has 7 aromatic carbocycles. The first-order valence-corrected chi connectivity index (χ1v) is 14.3. The van der Waals surface area contributed by atoms with Gasteiger partial charge in [0.05, 0.1) is 28.9 Å². The minimum absolute atomic E-state index is 0.0170. The van der Waals surface area contributed by atoms with Crippen LogP contribution < -0.4 is 0 Å². The molecule has 0 bridgehead atoms. The van der Waals surface area contributed by atoms with Gasteiger partial charge in [-0.25, -0.2) is 9.97 Å². The fourth-order valence-corrected chi connectivity index (χ4v) is 7.03. The Labute approximate surface area is 254 Å². The highest BCUT2D eigenvalue weighted by Crippen LogP contribution is 2.49. The van der Waals surface area contributed by atoms with Gasteiger partial charge in [0, 0.05) is 21.7 Å². The predicted octanol–water partition coefficient (Wildman–Crippen LogP) is 10.3. The second-order valence-electron chi connectivity index (χ2n) is 11.0. The first-order valence-electron chi connectivity index (χ1n) is 16.8. The summed E-state index contributed by atoms with van der Waals surface area (Å²) in [5, 5.41) is 6.25. The van der Waals surface area contributed by atoms with Gasteiger partial charge in [0.2, 0.25) is 0 Å². The molecule has 0 aliphatic heterocycles. The smallest absolute Gasteiger partial charge is 0.165 e. The van der Waals surface area contributed by atoms with E-state index in [4.69, 9.17) is 16.8 Å². The number of aromatic nitrogens is 3. The average molecular weight is 551 g/mol. The van der Waals surface area contributed by atoms with Gasteiger partial charge in [-0.2, -0.15) is 0 Å². The Morgan fingerprint density at radius 1 is 0.512 bits per heavy atom. The van der Waals surface area contributed by atoms with Crippen LogP contribution in [0.15, 0.2) is 139 Å². The molecule has 3 nitrogen and oxygen atoms in total. The lowest BCUT2D eigenvalue weighted by Gasteiger charge is -2.16. The largest absolute Gasteiger partial charge is 0.292 e. The second kappa shape index (κ2) is 8.37. The molecular formula is C40H23N3. The maximum atomic E-state index is 9.00. The molecule has 0 N–H and O–H groups in total. The minimum Gasteiger partial charge on any atom is -0.292 e. The summed E-state index contributed by atoms with van der Waals surface area (Å²) >= 11 is 0. The van der Waals surface area contributed by atoms with Crippen LogP contribution in [0.1, 0.15) is 6.85 Å². The van der Waals surface area contributed by atoms with E-state index < -0.39 is 18.1 Å². The lowest BCUT2D eigenvalue weighted by molar-refractivity contribution is 1.08. The Morgan fingerprint density at radius 3 is 2.05 bits per heavy atom. The maximum Gasteiger partial charge on any atom is 0.165 e. The third-order valence-corrected chi connectivity index (χ3v) is 8.79. The zero-order valence-electron chi connectivity index (χ0n) is 27.7. The molecule has 43 heavy (non-hydrogen) atoms. The second-order valence-corrected chi connectivity index (χ2v) is 11.0. The lowest BCUT2D eigenvalue weighted by Crippen LogP contribution is -2.04. The first-order chi connectivity index (χ1) is 23.4. The summed E-state index contributed by atoms with van der Waals surface area (Å²) in [6, 6.07) is 35.3. The summed E-state index contributed by atoms with van der Waals surface area (Å²) in [4.78, 5) is 10.4. The van der Waals surface area contributed by atoms with Gasteiger partial charge in [-0.1, -0.05) is 121 Å². The highest BCUT2D eigenvalue weighted by Gasteiger charge is 2.26. The van der Waals surface area contributed by atoms with Crippen LogP contribution >= 0.6 is 0 Å². The van der Waals surface area contributed by atoms with Crippen molar-refractivity contribution >= 4 is 54.4 Å². The molecule has 0 saturated heterocycles. The average Bonchev–Trinajstić information content (AvgIpc) is 3.40. The Bertz CT molecular complexity index is 2880. The molecule has 9 aromatic rings. The van der Waals surface area contributed by atoms with Crippen LogP contribution in [-0.2, 0) is 0 Å². The molecule has 0 saturated carbocycles. The first kappa shape index (κ1) is 18.6. The van der Waals surface area contributed by atoms with Crippen molar-refractivity contribution in [3.8, 4) is 39.3 Å². The predicted molar refractivity (Wildman–Crippen MR) is 179 cm³/mol. The fourth-order valence-electron chi connectivity index (χ4n) is 7.03. The number of hydrogen-bond acceptors (Lipinski definition) is 2. The molecule has 1 aliphatic rings. The van der Waals surface area contributed by atoms with E-state index in [1.165, 1.54) is 5.56 Å².